The number of carboxylic acids is 1. The Morgan fingerprint density at radius 3 is 2.40 bits per heavy atom. The molecule has 0 saturated carbocycles. The van der Waals surface area contributed by atoms with Crippen molar-refractivity contribution in [1.82, 2.24) is 0 Å². The summed E-state index contributed by atoms with van der Waals surface area (Å²) in [5.41, 5.74) is 0.543. The molecule has 0 aromatic heterocycles. The molecule has 2 heteroatoms. The fourth-order valence-electron chi connectivity index (χ4n) is 1.48. The van der Waals surface area contributed by atoms with Crippen LogP contribution in [0.4, 0.5) is 0 Å². The van der Waals surface area contributed by atoms with Crippen LogP contribution in [0.15, 0.2) is 30.3 Å². The number of aryl methyl sites for hydroxylation is 1. The lowest BCUT2D eigenvalue weighted by molar-refractivity contribution is -0.317. The number of aliphatic carboxylic acids is 1. The molecule has 0 aliphatic rings. The molecule has 0 saturated heterocycles. The molecule has 0 unspecified atom stereocenters. The fraction of sp³-hybridized carbons (Fsp3) is 0.462. The van der Waals surface area contributed by atoms with E-state index in [1.54, 1.807) is 13.8 Å². The van der Waals surface area contributed by atoms with Crippen LogP contribution in [-0.2, 0) is 11.2 Å². The Kier molecular flexibility index (Phi) is 3.89. The third-order valence-corrected chi connectivity index (χ3v) is 2.66. The summed E-state index contributed by atoms with van der Waals surface area (Å²) in [5, 5.41) is 10.8. The van der Waals surface area contributed by atoms with E-state index in [1.807, 2.05) is 18.2 Å². The molecule has 1 aromatic carbocycles. The summed E-state index contributed by atoms with van der Waals surface area (Å²) < 4.78 is 0. The third kappa shape index (κ3) is 3.74. The van der Waals surface area contributed by atoms with Crippen LogP contribution < -0.4 is 5.11 Å². The largest absolute Gasteiger partial charge is 0.550 e. The van der Waals surface area contributed by atoms with E-state index in [1.165, 1.54) is 5.56 Å². The molecule has 1 aromatic rings. The van der Waals surface area contributed by atoms with Crippen LogP contribution >= 0.6 is 0 Å². The van der Waals surface area contributed by atoms with Gasteiger partial charge in [0.2, 0.25) is 0 Å². The molecule has 0 amide bonds. The van der Waals surface area contributed by atoms with E-state index in [0.29, 0.717) is 6.42 Å². The average Bonchev–Trinajstić information content (AvgIpc) is 2.19. The summed E-state index contributed by atoms with van der Waals surface area (Å²) in [6.07, 6.45) is 2.47. The predicted octanol–water partition coefficient (Wildman–Crippen LogP) is 1.79. The summed E-state index contributed by atoms with van der Waals surface area (Å²) >= 11 is 0. The van der Waals surface area contributed by atoms with Gasteiger partial charge in [0.05, 0.1) is 0 Å². The first kappa shape index (κ1) is 11.8. The van der Waals surface area contributed by atoms with Crippen molar-refractivity contribution in [2.75, 3.05) is 0 Å². The van der Waals surface area contributed by atoms with Gasteiger partial charge in [-0.1, -0.05) is 44.2 Å². The first-order chi connectivity index (χ1) is 7.02. The van der Waals surface area contributed by atoms with Gasteiger partial charge < -0.3 is 9.90 Å². The SMILES string of the molecule is CC(C)(CCCc1ccccc1)C(=O)[O-]. The van der Waals surface area contributed by atoms with Gasteiger partial charge in [0.25, 0.3) is 0 Å². The summed E-state index contributed by atoms with van der Waals surface area (Å²) in [6.45, 7) is 3.43. The number of carbonyl (C=O) groups excluding carboxylic acids is 1. The number of carbonyl (C=O) groups is 1. The van der Waals surface area contributed by atoms with Crippen LogP contribution in [0.3, 0.4) is 0 Å². The van der Waals surface area contributed by atoms with Crippen molar-refractivity contribution in [3.63, 3.8) is 0 Å². The zero-order valence-corrected chi connectivity index (χ0v) is 9.32. The van der Waals surface area contributed by atoms with Crippen molar-refractivity contribution < 1.29 is 9.90 Å². The normalized spacial score (nSPS) is 11.3. The van der Waals surface area contributed by atoms with Crippen molar-refractivity contribution in [2.45, 2.75) is 33.1 Å². The number of benzene rings is 1. The van der Waals surface area contributed by atoms with Crippen molar-refractivity contribution in [3.8, 4) is 0 Å². The number of hydrogen-bond acceptors (Lipinski definition) is 2. The summed E-state index contributed by atoms with van der Waals surface area (Å²) in [6, 6.07) is 10.1. The van der Waals surface area contributed by atoms with Crippen molar-refractivity contribution in [2.24, 2.45) is 5.41 Å². The second kappa shape index (κ2) is 4.96. The second-order valence-corrected chi connectivity index (χ2v) is 4.51. The molecule has 0 bridgehead atoms. The molecule has 0 spiro atoms. The second-order valence-electron chi connectivity index (χ2n) is 4.51. The van der Waals surface area contributed by atoms with E-state index in [-0.39, 0.29) is 0 Å². The maximum Gasteiger partial charge on any atom is 0.0470 e. The minimum Gasteiger partial charge on any atom is -0.550 e. The van der Waals surface area contributed by atoms with Crippen LogP contribution in [0.25, 0.3) is 0 Å². The Balaban J connectivity index is 2.37. The maximum absolute atomic E-state index is 10.8. The van der Waals surface area contributed by atoms with Crippen LogP contribution in [0, 0.1) is 5.41 Å². The first-order valence-electron chi connectivity index (χ1n) is 5.28. The molecule has 0 fully saturated rings. The van der Waals surface area contributed by atoms with Crippen LogP contribution in [0.2, 0.25) is 0 Å². The minimum atomic E-state index is -0.962. The maximum atomic E-state index is 10.8. The van der Waals surface area contributed by atoms with Gasteiger partial charge in [-0.2, -0.15) is 0 Å². The number of hydrogen-bond donors (Lipinski definition) is 0. The van der Waals surface area contributed by atoms with Crippen LogP contribution in [0.1, 0.15) is 32.3 Å². The van der Waals surface area contributed by atoms with E-state index in [4.69, 9.17) is 0 Å². The van der Waals surface area contributed by atoms with Gasteiger partial charge in [-0.25, -0.2) is 0 Å². The quantitative estimate of drug-likeness (QED) is 0.735. The molecule has 0 heterocycles. The predicted molar refractivity (Wildman–Crippen MR) is 58.2 cm³/mol. The van der Waals surface area contributed by atoms with E-state index in [2.05, 4.69) is 12.1 Å². The van der Waals surface area contributed by atoms with E-state index < -0.39 is 11.4 Å². The number of rotatable bonds is 5. The van der Waals surface area contributed by atoms with Gasteiger partial charge in [0.1, 0.15) is 0 Å². The molecule has 0 aliphatic carbocycles. The zero-order valence-electron chi connectivity index (χ0n) is 9.32. The molecular formula is C13H17O2-. The van der Waals surface area contributed by atoms with Crippen LogP contribution in [-0.4, -0.2) is 5.97 Å². The minimum absolute atomic E-state index is 0.657. The Hall–Kier alpha value is -1.31. The highest BCUT2D eigenvalue weighted by atomic mass is 16.4. The van der Waals surface area contributed by atoms with Crippen LogP contribution in [0.5, 0.6) is 0 Å². The van der Waals surface area contributed by atoms with Gasteiger partial charge in [0, 0.05) is 11.4 Å². The fourth-order valence-corrected chi connectivity index (χ4v) is 1.48. The Morgan fingerprint density at radius 1 is 1.27 bits per heavy atom. The summed E-state index contributed by atoms with van der Waals surface area (Å²) in [4.78, 5) is 10.8. The topological polar surface area (TPSA) is 40.1 Å². The van der Waals surface area contributed by atoms with Crippen molar-refractivity contribution >= 4 is 5.97 Å². The summed E-state index contributed by atoms with van der Waals surface area (Å²) in [7, 11) is 0. The van der Waals surface area contributed by atoms with Gasteiger partial charge in [-0.15, -0.1) is 0 Å². The van der Waals surface area contributed by atoms with E-state index in [9.17, 15) is 9.90 Å². The lowest BCUT2D eigenvalue weighted by Gasteiger charge is -2.25. The van der Waals surface area contributed by atoms with Gasteiger partial charge in [-0.05, 0) is 24.8 Å². The lowest BCUT2D eigenvalue weighted by Crippen LogP contribution is -2.38. The molecule has 15 heavy (non-hydrogen) atoms. The van der Waals surface area contributed by atoms with E-state index >= 15 is 0 Å². The molecule has 0 radical (unpaired) electrons. The molecule has 2 nitrogen and oxygen atoms in total. The molecule has 0 atom stereocenters. The Morgan fingerprint density at radius 2 is 1.87 bits per heavy atom. The highest BCUT2D eigenvalue weighted by Crippen LogP contribution is 2.22. The van der Waals surface area contributed by atoms with Gasteiger partial charge >= 0.3 is 0 Å². The Bertz CT molecular complexity index is 315. The van der Waals surface area contributed by atoms with Gasteiger partial charge in [-0.3, -0.25) is 0 Å². The zero-order chi connectivity index (χ0) is 11.3. The summed E-state index contributed by atoms with van der Waals surface area (Å²) in [5.74, 6) is -0.962. The standard InChI is InChI=1S/C13H18O2/c1-13(2,12(14)15)10-6-9-11-7-4-3-5-8-11/h3-5,7-8H,6,9-10H2,1-2H3,(H,14,15)/p-1. The number of carboxylic acid groups (broad SMARTS) is 1. The molecule has 82 valence electrons. The van der Waals surface area contributed by atoms with Crippen molar-refractivity contribution in [1.29, 1.82) is 0 Å². The molecule has 0 aliphatic heterocycles. The molecule has 0 N–H and O–H groups in total. The highest BCUT2D eigenvalue weighted by molar-refractivity contribution is 5.71. The van der Waals surface area contributed by atoms with Crippen molar-refractivity contribution in [3.05, 3.63) is 35.9 Å². The monoisotopic (exact) mass is 205 g/mol. The highest BCUT2D eigenvalue weighted by Gasteiger charge is 2.18. The molecule has 1 rings (SSSR count). The molecular weight excluding hydrogens is 188 g/mol. The lowest BCUT2D eigenvalue weighted by atomic mass is 9.87. The third-order valence-electron chi connectivity index (χ3n) is 2.66. The average molecular weight is 205 g/mol. The van der Waals surface area contributed by atoms with Gasteiger partial charge in [0.15, 0.2) is 0 Å². The smallest absolute Gasteiger partial charge is 0.0470 e. The van der Waals surface area contributed by atoms with E-state index in [0.717, 1.165) is 12.8 Å². The first-order valence-corrected chi connectivity index (χ1v) is 5.28. The Labute approximate surface area is 90.9 Å².